The number of hydrogen-bond acceptors (Lipinski definition) is 2. The second-order valence-electron chi connectivity index (χ2n) is 5.10. The number of benzene rings is 2. The van der Waals surface area contributed by atoms with Gasteiger partial charge in [-0.05, 0) is 61.2 Å². The molecule has 98 valence electrons. The van der Waals surface area contributed by atoms with Crippen LogP contribution in [0.5, 0.6) is 0 Å². The van der Waals surface area contributed by atoms with Crippen molar-refractivity contribution in [1.29, 1.82) is 0 Å². The highest BCUT2D eigenvalue weighted by Gasteiger charge is 2.11. The quantitative estimate of drug-likeness (QED) is 0.670. The molecule has 2 rings (SSSR count). The zero-order chi connectivity index (χ0) is 14.0. The summed E-state index contributed by atoms with van der Waals surface area (Å²) < 4.78 is 0. The summed E-state index contributed by atoms with van der Waals surface area (Å²) in [5.41, 5.74) is 11.6. The molecule has 0 aromatic heterocycles. The summed E-state index contributed by atoms with van der Waals surface area (Å²) in [4.78, 5) is 12.4. The molecule has 0 aliphatic rings. The maximum Gasteiger partial charge on any atom is 0.167 e. The molecule has 0 aliphatic carbocycles. The lowest BCUT2D eigenvalue weighted by atomic mass is 9.95. The molecule has 0 saturated heterocycles. The molecule has 0 bridgehead atoms. The first-order valence-corrected chi connectivity index (χ1v) is 6.43. The first kappa shape index (κ1) is 13.3. The van der Waals surface area contributed by atoms with E-state index in [1.807, 2.05) is 44.2 Å². The Morgan fingerprint density at radius 2 is 1.68 bits per heavy atom. The van der Waals surface area contributed by atoms with Crippen molar-refractivity contribution < 1.29 is 4.79 Å². The van der Waals surface area contributed by atoms with E-state index in [4.69, 9.17) is 5.73 Å². The van der Waals surface area contributed by atoms with E-state index in [0.29, 0.717) is 12.1 Å². The van der Waals surface area contributed by atoms with Crippen molar-refractivity contribution in [2.75, 3.05) is 5.73 Å². The molecule has 0 heterocycles. The van der Waals surface area contributed by atoms with Crippen LogP contribution in [0.2, 0.25) is 0 Å². The standard InChI is InChI=1S/C17H19NO/c1-11-7-13(3)16(8-12(11)2)17(19)10-14-5-4-6-15(18)9-14/h4-9H,10,18H2,1-3H3. The van der Waals surface area contributed by atoms with Crippen LogP contribution in [-0.4, -0.2) is 5.78 Å². The van der Waals surface area contributed by atoms with Crippen molar-refractivity contribution in [3.8, 4) is 0 Å². The van der Waals surface area contributed by atoms with Crippen LogP contribution in [-0.2, 0) is 6.42 Å². The maximum absolute atomic E-state index is 12.4. The summed E-state index contributed by atoms with van der Waals surface area (Å²) >= 11 is 0. The lowest BCUT2D eigenvalue weighted by molar-refractivity contribution is 0.0992. The van der Waals surface area contributed by atoms with Gasteiger partial charge in [-0.25, -0.2) is 0 Å². The Morgan fingerprint density at radius 3 is 2.37 bits per heavy atom. The average molecular weight is 253 g/mol. The molecule has 2 heteroatoms. The number of nitrogen functional groups attached to an aromatic ring is 1. The Kier molecular flexibility index (Phi) is 3.70. The van der Waals surface area contributed by atoms with Gasteiger partial charge in [0.15, 0.2) is 5.78 Å². The molecule has 19 heavy (non-hydrogen) atoms. The highest BCUT2D eigenvalue weighted by Crippen LogP contribution is 2.18. The summed E-state index contributed by atoms with van der Waals surface area (Å²) in [5.74, 6) is 0.145. The van der Waals surface area contributed by atoms with Crippen LogP contribution in [0.15, 0.2) is 36.4 Å². The van der Waals surface area contributed by atoms with Crippen molar-refractivity contribution in [3.05, 3.63) is 64.2 Å². The van der Waals surface area contributed by atoms with E-state index in [1.165, 1.54) is 5.56 Å². The van der Waals surface area contributed by atoms with Gasteiger partial charge in [-0.3, -0.25) is 4.79 Å². The molecule has 2 N–H and O–H groups in total. The molecule has 0 unspecified atom stereocenters. The zero-order valence-corrected chi connectivity index (χ0v) is 11.7. The van der Waals surface area contributed by atoms with Crippen molar-refractivity contribution in [2.24, 2.45) is 0 Å². The van der Waals surface area contributed by atoms with Crippen molar-refractivity contribution in [2.45, 2.75) is 27.2 Å². The van der Waals surface area contributed by atoms with Crippen LogP contribution in [0.4, 0.5) is 5.69 Å². The van der Waals surface area contributed by atoms with Crippen LogP contribution in [0.3, 0.4) is 0 Å². The summed E-state index contributed by atoms with van der Waals surface area (Å²) in [6.07, 6.45) is 0.397. The SMILES string of the molecule is Cc1cc(C)c(C(=O)Cc2cccc(N)c2)cc1C. The molecule has 0 fully saturated rings. The fourth-order valence-electron chi connectivity index (χ4n) is 2.24. The molecule has 2 aromatic rings. The fraction of sp³-hybridized carbons (Fsp3) is 0.235. The number of nitrogens with two attached hydrogens (primary N) is 1. The molecular weight excluding hydrogens is 234 g/mol. The van der Waals surface area contributed by atoms with E-state index in [0.717, 1.165) is 22.3 Å². The highest BCUT2D eigenvalue weighted by atomic mass is 16.1. The van der Waals surface area contributed by atoms with Gasteiger partial charge in [-0.2, -0.15) is 0 Å². The Morgan fingerprint density at radius 1 is 1.00 bits per heavy atom. The van der Waals surface area contributed by atoms with E-state index in [-0.39, 0.29) is 5.78 Å². The summed E-state index contributed by atoms with van der Waals surface area (Å²) in [7, 11) is 0. The number of carbonyl (C=O) groups excluding carboxylic acids is 1. The van der Waals surface area contributed by atoms with E-state index >= 15 is 0 Å². The summed E-state index contributed by atoms with van der Waals surface area (Å²) in [6.45, 7) is 6.08. The summed E-state index contributed by atoms with van der Waals surface area (Å²) in [6, 6.07) is 11.6. The predicted molar refractivity (Wildman–Crippen MR) is 79.5 cm³/mol. The van der Waals surface area contributed by atoms with E-state index in [9.17, 15) is 4.79 Å². The zero-order valence-electron chi connectivity index (χ0n) is 11.7. The first-order chi connectivity index (χ1) is 8.97. The number of hydrogen-bond donors (Lipinski definition) is 1. The van der Waals surface area contributed by atoms with Crippen LogP contribution >= 0.6 is 0 Å². The van der Waals surface area contributed by atoms with Gasteiger partial charge in [-0.1, -0.05) is 18.2 Å². The number of anilines is 1. The van der Waals surface area contributed by atoms with E-state index in [1.54, 1.807) is 0 Å². The van der Waals surface area contributed by atoms with E-state index in [2.05, 4.69) is 13.0 Å². The second kappa shape index (κ2) is 5.27. The third-order valence-electron chi connectivity index (χ3n) is 3.46. The normalized spacial score (nSPS) is 10.5. The Bertz CT molecular complexity index is 629. The number of Topliss-reactive ketones (excluding diaryl/α,β-unsaturated/α-hetero) is 1. The maximum atomic E-state index is 12.4. The number of rotatable bonds is 3. The minimum absolute atomic E-state index is 0.145. The topological polar surface area (TPSA) is 43.1 Å². The lowest BCUT2D eigenvalue weighted by Gasteiger charge is -2.09. The molecule has 2 aromatic carbocycles. The second-order valence-corrected chi connectivity index (χ2v) is 5.10. The van der Waals surface area contributed by atoms with E-state index < -0.39 is 0 Å². The summed E-state index contributed by atoms with van der Waals surface area (Å²) in [5, 5.41) is 0. The van der Waals surface area contributed by atoms with Crippen LogP contribution in [0.1, 0.15) is 32.6 Å². The van der Waals surface area contributed by atoms with Gasteiger partial charge < -0.3 is 5.73 Å². The van der Waals surface area contributed by atoms with Crippen molar-refractivity contribution in [3.63, 3.8) is 0 Å². The smallest absolute Gasteiger partial charge is 0.167 e. The lowest BCUT2D eigenvalue weighted by Crippen LogP contribution is -2.07. The minimum Gasteiger partial charge on any atom is -0.399 e. The fourth-order valence-corrected chi connectivity index (χ4v) is 2.24. The monoisotopic (exact) mass is 253 g/mol. The van der Waals surface area contributed by atoms with Gasteiger partial charge in [0.05, 0.1) is 0 Å². The molecule has 0 spiro atoms. The Labute approximate surface area is 114 Å². The van der Waals surface area contributed by atoms with Gasteiger partial charge >= 0.3 is 0 Å². The average Bonchev–Trinajstić information content (AvgIpc) is 2.33. The minimum atomic E-state index is 0.145. The number of aryl methyl sites for hydroxylation is 3. The van der Waals surface area contributed by atoms with Crippen LogP contribution in [0.25, 0.3) is 0 Å². The third-order valence-corrected chi connectivity index (χ3v) is 3.46. The van der Waals surface area contributed by atoms with Crippen molar-refractivity contribution >= 4 is 11.5 Å². The molecule has 2 nitrogen and oxygen atoms in total. The van der Waals surface area contributed by atoms with Gasteiger partial charge in [-0.15, -0.1) is 0 Å². The van der Waals surface area contributed by atoms with Gasteiger partial charge in [0.1, 0.15) is 0 Å². The third kappa shape index (κ3) is 3.02. The Balaban J connectivity index is 2.28. The van der Waals surface area contributed by atoms with Crippen molar-refractivity contribution in [1.82, 2.24) is 0 Å². The van der Waals surface area contributed by atoms with Crippen LogP contribution < -0.4 is 5.73 Å². The molecular formula is C17H19NO. The first-order valence-electron chi connectivity index (χ1n) is 6.43. The predicted octanol–water partition coefficient (Wildman–Crippen LogP) is 3.62. The van der Waals surface area contributed by atoms with Crippen LogP contribution in [0, 0.1) is 20.8 Å². The van der Waals surface area contributed by atoms with Gasteiger partial charge in [0.2, 0.25) is 0 Å². The molecule has 0 radical (unpaired) electrons. The Hall–Kier alpha value is -2.09. The largest absolute Gasteiger partial charge is 0.399 e. The molecule has 0 aliphatic heterocycles. The molecule has 0 saturated carbocycles. The van der Waals surface area contributed by atoms with Gasteiger partial charge in [0.25, 0.3) is 0 Å². The number of ketones is 1. The highest BCUT2D eigenvalue weighted by molar-refractivity contribution is 5.99. The molecule has 0 amide bonds. The van der Waals surface area contributed by atoms with Gasteiger partial charge in [0, 0.05) is 17.7 Å². The molecule has 0 atom stereocenters. The number of carbonyl (C=O) groups is 1.